The van der Waals surface area contributed by atoms with Gasteiger partial charge in [0, 0.05) is 25.7 Å². The number of para-hydroxylation sites is 3. The SMILES string of the molecule is COc1ccccc1N1C[C@H](C(=O)O[C@H](C)C(=O)N(C)c2ccccc2)CC1=O. The predicted molar refractivity (Wildman–Crippen MR) is 109 cm³/mol. The van der Waals surface area contributed by atoms with Crippen molar-refractivity contribution in [3.63, 3.8) is 0 Å². The zero-order valence-electron chi connectivity index (χ0n) is 16.7. The molecule has 0 unspecified atom stereocenters. The van der Waals surface area contributed by atoms with E-state index in [0.29, 0.717) is 17.1 Å². The van der Waals surface area contributed by atoms with Gasteiger partial charge in [0.1, 0.15) is 5.75 Å². The van der Waals surface area contributed by atoms with Crippen LogP contribution in [0.4, 0.5) is 11.4 Å². The van der Waals surface area contributed by atoms with E-state index in [2.05, 4.69) is 0 Å². The fourth-order valence-electron chi connectivity index (χ4n) is 3.32. The third-order valence-corrected chi connectivity index (χ3v) is 4.95. The highest BCUT2D eigenvalue weighted by Gasteiger charge is 2.38. The maximum absolute atomic E-state index is 12.6. The molecule has 0 saturated carbocycles. The standard InChI is InChI=1S/C22H24N2O5/c1-15(21(26)23(2)17-9-5-4-6-10-17)29-22(27)16-13-20(25)24(14-16)18-11-7-8-12-19(18)28-3/h4-12,15-16H,13-14H2,1-3H3/t15-,16-/m1/s1. The Kier molecular flexibility index (Phi) is 6.16. The molecule has 7 heteroatoms. The second kappa shape index (κ2) is 8.77. The van der Waals surface area contributed by atoms with E-state index in [4.69, 9.17) is 9.47 Å². The van der Waals surface area contributed by atoms with Gasteiger partial charge in [-0.05, 0) is 31.2 Å². The highest BCUT2D eigenvalue weighted by molar-refractivity contribution is 6.01. The minimum Gasteiger partial charge on any atom is -0.495 e. The van der Waals surface area contributed by atoms with Gasteiger partial charge in [-0.25, -0.2) is 0 Å². The zero-order valence-corrected chi connectivity index (χ0v) is 16.7. The van der Waals surface area contributed by atoms with E-state index in [1.807, 2.05) is 24.3 Å². The van der Waals surface area contributed by atoms with Crippen molar-refractivity contribution in [3.8, 4) is 5.75 Å². The number of carbonyl (C=O) groups is 3. The number of methoxy groups -OCH3 is 1. The van der Waals surface area contributed by atoms with Crippen LogP contribution in [-0.2, 0) is 19.1 Å². The molecule has 1 heterocycles. The van der Waals surface area contributed by atoms with Crippen molar-refractivity contribution in [1.82, 2.24) is 0 Å². The van der Waals surface area contributed by atoms with E-state index in [-0.39, 0.29) is 24.8 Å². The van der Waals surface area contributed by atoms with Crippen LogP contribution in [0.1, 0.15) is 13.3 Å². The lowest BCUT2D eigenvalue weighted by Gasteiger charge is -2.23. The monoisotopic (exact) mass is 396 g/mol. The third-order valence-electron chi connectivity index (χ3n) is 4.95. The second-order valence-electron chi connectivity index (χ2n) is 6.89. The second-order valence-corrected chi connectivity index (χ2v) is 6.89. The molecule has 1 aliphatic heterocycles. The van der Waals surface area contributed by atoms with Gasteiger partial charge in [0.2, 0.25) is 5.91 Å². The molecule has 0 aromatic heterocycles. The van der Waals surface area contributed by atoms with Gasteiger partial charge in [-0.15, -0.1) is 0 Å². The lowest BCUT2D eigenvalue weighted by molar-refractivity contribution is -0.157. The van der Waals surface area contributed by atoms with Crippen molar-refractivity contribution in [2.45, 2.75) is 19.4 Å². The van der Waals surface area contributed by atoms with Gasteiger partial charge in [0.05, 0.1) is 18.7 Å². The number of hydrogen-bond donors (Lipinski definition) is 0. The van der Waals surface area contributed by atoms with E-state index in [1.165, 1.54) is 23.8 Å². The van der Waals surface area contributed by atoms with Crippen LogP contribution in [-0.4, -0.2) is 44.6 Å². The summed E-state index contributed by atoms with van der Waals surface area (Å²) in [7, 11) is 3.16. The van der Waals surface area contributed by atoms with E-state index in [1.54, 1.807) is 37.4 Å². The van der Waals surface area contributed by atoms with Crippen molar-refractivity contribution in [3.05, 3.63) is 54.6 Å². The molecule has 7 nitrogen and oxygen atoms in total. The van der Waals surface area contributed by atoms with Crippen LogP contribution in [0.5, 0.6) is 5.75 Å². The molecule has 2 atom stereocenters. The lowest BCUT2D eigenvalue weighted by Crippen LogP contribution is -2.38. The van der Waals surface area contributed by atoms with Crippen LogP contribution in [0.3, 0.4) is 0 Å². The smallest absolute Gasteiger partial charge is 0.312 e. The number of carbonyl (C=O) groups excluding carboxylic acids is 3. The molecule has 2 aromatic rings. The fourth-order valence-corrected chi connectivity index (χ4v) is 3.32. The Hall–Kier alpha value is -3.35. The predicted octanol–water partition coefficient (Wildman–Crippen LogP) is 2.64. The molecule has 1 saturated heterocycles. The van der Waals surface area contributed by atoms with Crippen LogP contribution in [0, 0.1) is 5.92 Å². The number of likely N-dealkylation sites (N-methyl/N-ethyl adjacent to an activating group) is 1. The Labute approximate surface area is 169 Å². The molecule has 0 radical (unpaired) electrons. The minimum absolute atomic E-state index is 0.0340. The molecule has 1 aliphatic rings. The first kappa shape index (κ1) is 20.4. The minimum atomic E-state index is -0.955. The summed E-state index contributed by atoms with van der Waals surface area (Å²) in [6, 6.07) is 16.2. The summed E-state index contributed by atoms with van der Waals surface area (Å²) >= 11 is 0. The van der Waals surface area contributed by atoms with Crippen LogP contribution >= 0.6 is 0 Å². The number of anilines is 2. The van der Waals surface area contributed by atoms with Gasteiger partial charge in [-0.1, -0.05) is 30.3 Å². The van der Waals surface area contributed by atoms with Gasteiger partial charge in [-0.2, -0.15) is 0 Å². The number of esters is 1. The quantitative estimate of drug-likeness (QED) is 0.702. The summed E-state index contributed by atoms with van der Waals surface area (Å²) in [6.07, 6.45) is -0.921. The summed E-state index contributed by atoms with van der Waals surface area (Å²) in [5.74, 6) is -1.15. The molecule has 0 bridgehead atoms. The van der Waals surface area contributed by atoms with Gasteiger partial charge < -0.3 is 19.3 Å². The summed E-state index contributed by atoms with van der Waals surface area (Å²) in [5.41, 5.74) is 1.32. The Morgan fingerprint density at radius 2 is 1.76 bits per heavy atom. The first-order chi connectivity index (χ1) is 13.9. The number of rotatable bonds is 6. The van der Waals surface area contributed by atoms with E-state index >= 15 is 0 Å². The van der Waals surface area contributed by atoms with Crippen molar-refractivity contribution < 1.29 is 23.9 Å². The van der Waals surface area contributed by atoms with E-state index < -0.39 is 18.0 Å². The Balaban J connectivity index is 1.64. The Bertz CT molecular complexity index is 899. The molecular weight excluding hydrogens is 372 g/mol. The number of ether oxygens (including phenoxy) is 2. The van der Waals surface area contributed by atoms with Crippen LogP contribution in [0.15, 0.2) is 54.6 Å². The van der Waals surface area contributed by atoms with Crippen LogP contribution < -0.4 is 14.5 Å². The summed E-state index contributed by atoms with van der Waals surface area (Å²) in [4.78, 5) is 40.6. The molecular formula is C22H24N2O5. The van der Waals surface area contributed by atoms with Crippen molar-refractivity contribution in [1.29, 1.82) is 0 Å². The highest BCUT2D eigenvalue weighted by Crippen LogP contribution is 2.33. The van der Waals surface area contributed by atoms with Gasteiger partial charge in [0.15, 0.2) is 6.10 Å². The third kappa shape index (κ3) is 4.39. The molecule has 0 N–H and O–H groups in total. The Morgan fingerprint density at radius 3 is 2.45 bits per heavy atom. The molecule has 0 aliphatic carbocycles. The number of hydrogen-bond acceptors (Lipinski definition) is 5. The van der Waals surface area contributed by atoms with Gasteiger partial charge in [0.25, 0.3) is 5.91 Å². The van der Waals surface area contributed by atoms with Crippen molar-refractivity contribution in [2.75, 3.05) is 30.5 Å². The number of amides is 2. The van der Waals surface area contributed by atoms with Crippen molar-refractivity contribution >= 4 is 29.2 Å². The van der Waals surface area contributed by atoms with E-state index in [9.17, 15) is 14.4 Å². The largest absolute Gasteiger partial charge is 0.495 e. The molecule has 152 valence electrons. The molecule has 2 aromatic carbocycles. The summed E-state index contributed by atoms with van der Waals surface area (Å²) in [5, 5.41) is 0. The van der Waals surface area contributed by atoms with Gasteiger partial charge >= 0.3 is 5.97 Å². The Morgan fingerprint density at radius 1 is 1.10 bits per heavy atom. The maximum atomic E-state index is 12.6. The molecule has 29 heavy (non-hydrogen) atoms. The average Bonchev–Trinajstić information content (AvgIpc) is 3.14. The maximum Gasteiger partial charge on any atom is 0.312 e. The van der Waals surface area contributed by atoms with Crippen molar-refractivity contribution in [2.24, 2.45) is 5.92 Å². The number of benzene rings is 2. The van der Waals surface area contributed by atoms with E-state index in [0.717, 1.165) is 0 Å². The average molecular weight is 396 g/mol. The topological polar surface area (TPSA) is 76.2 Å². The fraction of sp³-hybridized carbons (Fsp3) is 0.318. The van der Waals surface area contributed by atoms with Gasteiger partial charge in [-0.3, -0.25) is 14.4 Å². The zero-order chi connectivity index (χ0) is 21.0. The summed E-state index contributed by atoms with van der Waals surface area (Å²) < 4.78 is 10.7. The molecule has 0 spiro atoms. The first-order valence-corrected chi connectivity index (χ1v) is 9.39. The molecule has 2 amide bonds. The highest BCUT2D eigenvalue weighted by atomic mass is 16.5. The number of nitrogens with zero attached hydrogens (tertiary/aromatic N) is 2. The molecule has 3 rings (SSSR count). The van der Waals surface area contributed by atoms with Crippen LogP contribution in [0.2, 0.25) is 0 Å². The summed E-state index contributed by atoms with van der Waals surface area (Å²) in [6.45, 7) is 1.72. The molecule has 1 fully saturated rings. The normalized spacial score (nSPS) is 17.0. The lowest BCUT2D eigenvalue weighted by atomic mass is 10.1. The van der Waals surface area contributed by atoms with Crippen LogP contribution in [0.25, 0.3) is 0 Å². The first-order valence-electron chi connectivity index (χ1n) is 9.39.